The maximum Gasteiger partial charge on any atom is 0.191 e. The van der Waals surface area contributed by atoms with Crippen molar-refractivity contribution < 1.29 is 4.74 Å². The number of guanidine groups is 1. The zero-order chi connectivity index (χ0) is 21.0. The summed E-state index contributed by atoms with van der Waals surface area (Å²) in [5, 5.41) is 6.85. The first-order valence-corrected chi connectivity index (χ1v) is 11.1. The Morgan fingerprint density at radius 1 is 1.19 bits per heavy atom. The lowest BCUT2D eigenvalue weighted by Crippen LogP contribution is -2.45. The predicted molar refractivity (Wildman–Crippen MR) is 138 cm³/mol. The van der Waals surface area contributed by atoms with Crippen molar-refractivity contribution in [2.75, 3.05) is 26.7 Å². The summed E-state index contributed by atoms with van der Waals surface area (Å²) < 4.78 is 5.88. The number of likely N-dealkylation sites (tertiary alicyclic amines) is 1. The van der Waals surface area contributed by atoms with Crippen LogP contribution >= 0.6 is 24.0 Å². The van der Waals surface area contributed by atoms with Gasteiger partial charge in [-0.15, -0.1) is 24.0 Å². The fourth-order valence-corrected chi connectivity index (χ4v) is 3.93. The molecule has 7 heteroatoms. The van der Waals surface area contributed by atoms with Crippen LogP contribution < -0.4 is 15.4 Å². The van der Waals surface area contributed by atoms with E-state index in [-0.39, 0.29) is 24.0 Å². The Labute approximate surface area is 203 Å². The molecule has 1 saturated heterocycles. The molecule has 1 fully saturated rings. The third-order valence-electron chi connectivity index (χ3n) is 5.61. The van der Waals surface area contributed by atoms with Gasteiger partial charge in [-0.05, 0) is 55.6 Å². The summed E-state index contributed by atoms with van der Waals surface area (Å²) in [6.45, 7) is 6.65. The van der Waals surface area contributed by atoms with Crippen LogP contribution in [-0.2, 0) is 13.2 Å². The molecule has 170 valence electrons. The van der Waals surface area contributed by atoms with Gasteiger partial charge in [-0.25, -0.2) is 0 Å². The van der Waals surface area contributed by atoms with E-state index in [4.69, 9.17) is 4.74 Å². The van der Waals surface area contributed by atoms with Crippen LogP contribution in [0.5, 0.6) is 5.75 Å². The van der Waals surface area contributed by atoms with E-state index in [1.54, 1.807) is 6.20 Å². The number of ether oxygens (including phenoxy) is 1. The summed E-state index contributed by atoms with van der Waals surface area (Å²) in [4.78, 5) is 11.3. The lowest BCUT2D eigenvalue weighted by Gasteiger charge is -2.35. The third kappa shape index (κ3) is 8.65. The fourth-order valence-electron chi connectivity index (χ4n) is 3.93. The number of aromatic nitrogens is 1. The number of nitrogens with one attached hydrogen (secondary N) is 2. The Morgan fingerprint density at radius 2 is 2.10 bits per heavy atom. The Bertz CT molecular complexity index is 787. The van der Waals surface area contributed by atoms with Crippen LogP contribution in [0.25, 0.3) is 0 Å². The van der Waals surface area contributed by atoms with E-state index in [2.05, 4.69) is 44.6 Å². The van der Waals surface area contributed by atoms with Gasteiger partial charge >= 0.3 is 0 Å². The van der Waals surface area contributed by atoms with Crippen molar-refractivity contribution in [1.29, 1.82) is 0 Å². The monoisotopic (exact) mass is 537 g/mol. The van der Waals surface area contributed by atoms with E-state index in [1.165, 1.54) is 32.2 Å². The minimum Gasteiger partial charge on any atom is -0.487 e. The Morgan fingerprint density at radius 3 is 2.87 bits per heavy atom. The number of aliphatic imine (C=N–C) groups is 1. The quantitative estimate of drug-likeness (QED) is 0.285. The molecule has 1 atom stereocenters. The Balaban J connectivity index is 0.00000341. The van der Waals surface area contributed by atoms with E-state index < -0.39 is 0 Å². The molecular formula is C24H36IN5O. The molecule has 0 amide bonds. The van der Waals surface area contributed by atoms with Gasteiger partial charge in [0.25, 0.3) is 0 Å². The lowest BCUT2D eigenvalue weighted by atomic mass is 10.0. The molecule has 6 nitrogen and oxygen atoms in total. The molecule has 1 aromatic carbocycles. The van der Waals surface area contributed by atoms with Gasteiger partial charge in [0.2, 0.25) is 0 Å². The highest BCUT2D eigenvalue weighted by Crippen LogP contribution is 2.18. The van der Waals surface area contributed by atoms with Crippen LogP contribution in [0.2, 0.25) is 0 Å². The number of nitrogens with zero attached hydrogens (tertiary/aromatic N) is 3. The molecule has 0 bridgehead atoms. The van der Waals surface area contributed by atoms with E-state index in [9.17, 15) is 0 Å². The highest BCUT2D eigenvalue weighted by molar-refractivity contribution is 14.0. The first-order chi connectivity index (χ1) is 14.8. The maximum atomic E-state index is 5.88. The standard InChI is InChI=1S/C24H35N5O.HI/c1-3-22-11-5-7-15-29(22)16-14-27-24(25-2)28-18-20-9-8-12-23(17-20)30-19-21-10-4-6-13-26-21;/h4,6,8-10,12-13,17,22H,3,5,7,11,14-16,18-19H2,1-2H3,(H2,25,27,28);1H. The largest absolute Gasteiger partial charge is 0.487 e. The summed E-state index contributed by atoms with van der Waals surface area (Å²) in [6.07, 6.45) is 7.05. The predicted octanol–water partition coefficient (Wildman–Crippen LogP) is 4.21. The lowest BCUT2D eigenvalue weighted by molar-refractivity contribution is 0.147. The molecule has 1 aromatic heterocycles. The molecule has 31 heavy (non-hydrogen) atoms. The molecule has 0 radical (unpaired) electrons. The highest BCUT2D eigenvalue weighted by Gasteiger charge is 2.19. The van der Waals surface area contributed by atoms with Crippen molar-refractivity contribution in [1.82, 2.24) is 20.5 Å². The highest BCUT2D eigenvalue weighted by atomic mass is 127. The number of hydrogen-bond acceptors (Lipinski definition) is 4. The van der Waals surface area contributed by atoms with Crippen molar-refractivity contribution >= 4 is 29.9 Å². The van der Waals surface area contributed by atoms with Crippen molar-refractivity contribution in [2.45, 2.75) is 51.8 Å². The maximum absolute atomic E-state index is 5.88. The van der Waals surface area contributed by atoms with Crippen LogP contribution in [0.15, 0.2) is 53.7 Å². The minimum atomic E-state index is 0. The normalized spacial score (nSPS) is 17.0. The Kier molecular flexibility index (Phi) is 11.7. The molecule has 0 spiro atoms. The second-order valence-corrected chi connectivity index (χ2v) is 7.70. The number of halogens is 1. The number of hydrogen-bond donors (Lipinski definition) is 2. The van der Waals surface area contributed by atoms with Gasteiger partial charge in [0, 0.05) is 38.9 Å². The zero-order valence-corrected chi connectivity index (χ0v) is 21.0. The van der Waals surface area contributed by atoms with E-state index >= 15 is 0 Å². The molecule has 1 aliphatic heterocycles. The minimum absolute atomic E-state index is 0. The first-order valence-electron chi connectivity index (χ1n) is 11.1. The average molecular weight is 537 g/mol. The van der Waals surface area contributed by atoms with E-state index in [0.717, 1.165) is 42.1 Å². The summed E-state index contributed by atoms with van der Waals surface area (Å²) >= 11 is 0. The molecule has 0 saturated carbocycles. The molecule has 2 N–H and O–H groups in total. The van der Waals surface area contributed by atoms with Gasteiger partial charge in [0.1, 0.15) is 12.4 Å². The molecule has 1 aliphatic rings. The van der Waals surface area contributed by atoms with Crippen LogP contribution in [0, 0.1) is 0 Å². The first kappa shape index (κ1) is 25.4. The molecule has 3 rings (SSSR count). The third-order valence-corrected chi connectivity index (χ3v) is 5.61. The number of rotatable bonds is 9. The van der Waals surface area contributed by atoms with Crippen LogP contribution in [0.3, 0.4) is 0 Å². The summed E-state index contributed by atoms with van der Waals surface area (Å²) in [5.74, 6) is 1.68. The van der Waals surface area contributed by atoms with Crippen LogP contribution in [-0.4, -0.2) is 48.6 Å². The van der Waals surface area contributed by atoms with Crippen molar-refractivity contribution in [2.24, 2.45) is 4.99 Å². The van der Waals surface area contributed by atoms with Gasteiger partial charge in [-0.3, -0.25) is 14.9 Å². The Hall–Kier alpha value is -1.87. The average Bonchev–Trinajstić information content (AvgIpc) is 2.81. The van der Waals surface area contributed by atoms with Crippen molar-refractivity contribution in [3.05, 3.63) is 59.9 Å². The van der Waals surface area contributed by atoms with Gasteiger partial charge in [-0.2, -0.15) is 0 Å². The summed E-state index contributed by atoms with van der Waals surface area (Å²) in [6, 6.07) is 14.7. The smallest absolute Gasteiger partial charge is 0.191 e. The van der Waals surface area contributed by atoms with E-state index in [0.29, 0.717) is 13.2 Å². The summed E-state index contributed by atoms with van der Waals surface area (Å²) in [7, 11) is 1.82. The van der Waals surface area contributed by atoms with Gasteiger partial charge in [-0.1, -0.05) is 31.5 Å². The molecular weight excluding hydrogens is 501 g/mol. The summed E-state index contributed by atoms with van der Waals surface area (Å²) in [5.41, 5.74) is 2.07. The molecule has 2 heterocycles. The van der Waals surface area contributed by atoms with E-state index in [1.807, 2.05) is 37.4 Å². The second-order valence-electron chi connectivity index (χ2n) is 7.70. The molecule has 1 unspecified atom stereocenters. The number of piperidine rings is 1. The second kappa shape index (κ2) is 14.2. The van der Waals surface area contributed by atoms with Gasteiger partial charge in [0.15, 0.2) is 5.96 Å². The van der Waals surface area contributed by atoms with Crippen molar-refractivity contribution in [3.63, 3.8) is 0 Å². The molecule has 2 aromatic rings. The van der Waals surface area contributed by atoms with Gasteiger partial charge in [0.05, 0.1) is 5.69 Å². The van der Waals surface area contributed by atoms with Crippen LogP contribution in [0.4, 0.5) is 0 Å². The fraction of sp³-hybridized carbons (Fsp3) is 0.500. The van der Waals surface area contributed by atoms with Crippen molar-refractivity contribution in [3.8, 4) is 5.75 Å². The topological polar surface area (TPSA) is 61.8 Å². The zero-order valence-electron chi connectivity index (χ0n) is 18.7. The number of benzene rings is 1. The number of pyridine rings is 1. The van der Waals surface area contributed by atoms with Gasteiger partial charge < -0.3 is 15.4 Å². The van der Waals surface area contributed by atoms with Crippen LogP contribution in [0.1, 0.15) is 43.9 Å². The SMILES string of the molecule is CCC1CCCCN1CCNC(=NC)NCc1cccc(OCc2ccccn2)c1.I. The molecule has 0 aliphatic carbocycles.